The van der Waals surface area contributed by atoms with Gasteiger partial charge in [-0.15, -0.1) is 6.42 Å². The Bertz CT molecular complexity index is 965. The molecule has 30 heavy (non-hydrogen) atoms. The maximum atomic E-state index is 13.3. The molecule has 6 heteroatoms. The van der Waals surface area contributed by atoms with Gasteiger partial charge in [0.15, 0.2) is 0 Å². The van der Waals surface area contributed by atoms with Gasteiger partial charge in [0, 0.05) is 37.8 Å². The molecule has 1 atom stereocenters. The van der Waals surface area contributed by atoms with Gasteiger partial charge in [-0.05, 0) is 30.2 Å². The van der Waals surface area contributed by atoms with Crippen LogP contribution >= 0.6 is 0 Å². The van der Waals surface area contributed by atoms with E-state index >= 15 is 0 Å². The van der Waals surface area contributed by atoms with Crippen LogP contribution in [0.3, 0.4) is 0 Å². The number of nitrogens with zero attached hydrogens (tertiary/aromatic N) is 2. The molecule has 1 saturated heterocycles. The molecular weight excluding hydrogens is 378 g/mol. The maximum Gasteiger partial charge on any atom is 0.239 e. The molecule has 1 aliphatic heterocycles. The second-order valence-electron chi connectivity index (χ2n) is 7.27. The first-order valence-electron chi connectivity index (χ1n) is 9.92. The predicted octanol–water partition coefficient (Wildman–Crippen LogP) is 1.84. The summed E-state index contributed by atoms with van der Waals surface area (Å²) in [5.74, 6) is 1.47. The smallest absolute Gasteiger partial charge is 0.239 e. The van der Waals surface area contributed by atoms with Crippen molar-refractivity contribution < 1.29 is 14.4 Å². The topological polar surface area (TPSA) is 69.7 Å². The van der Waals surface area contributed by atoms with E-state index in [1.54, 1.807) is 29.2 Å². The number of anilines is 1. The molecule has 154 valence electrons. The zero-order valence-corrected chi connectivity index (χ0v) is 17.0. The van der Waals surface area contributed by atoms with E-state index in [-0.39, 0.29) is 30.7 Å². The Balaban J connectivity index is 1.73. The second-order valence-corrected chi connectivity index (χ2v) is 7.27. The fourth-order valence-corrected chi connectivity index (χ4v) is 3.57. The van der Waals surface area contributed by atoms with Crippen LogP contribution in [0.25, 0.3) is 0 Å². The Morgan fingerprint density at radius 2 is 1.97 bits per heavy atom. The van der Waals surface area contributed by atoms with Gasteiger partial charge < -0.3 is 15.1 Å². The SMILES string of the molecule is C#Cc1cccc(N(CC(=O)NC)C(=O)C2CC(=O)N(CCc3ccccc3)C2)c1. The van der Waals surface area contributed by atoms with E-state index in [2.05, 4.69) is 11.2 Å². The number of terminal acetylenes is 1. The number of amides is 3. The van der Waals surface area contributed by atoms with Crippen molar-refractivity contribution in [3.05, 3.63) is 65.7 Å². The molecule has 3 rings (SSSR count). The van der Waals surface area contributed by atoms with Crippen LogP contribution in [-0.4, -0.2) is 49.3 Å². The summed E-state index contributed by atoms with van der Waals surface area (Å²) in [4.78, 5) is 41.0. The van der Waals surface area contributed by atoms with Crippen LogP contribution in [0.1, 0.15) is 17.5 Å². The molecule has 1 fully saturated rings. The Kier molecular flexibility index (Phi) is 6.87. The van der Waals surface area contributed by atoms with E-state index in [4.69, 9.17) is 6.42 Å². The van der Waals surface area contributed by atoms with E-state index in [1.807, 2.05) is 30.3 Å². The number of carbonyl (C=O) groups excluding carboxylic acids is 3. The molecule has 0 aliphatic carbocycles. The summed E-state index contributed by atoms with van der Waals surface area (Å²) in [5.41, 5.74) is 2.32. The lowest BCUT2D eigenvalue weighted by atomic mass is 10.1. The van der Waals surface area contributed by atoms with Gasteiger partial charge in [0.2, 0.25) is 17.7 Å². The highest BCUT2D eigenvalue weighted by Crippen LogP contribution is 2.24. The molecule has 0 radical (unpaired) electrons. The molecule has 0 spiro atoms. The van der Waals surface area contributed by atoms with E-state index in [9.17, 15) is 14.4 Å². The normalized spacial score (nSPS) is 15.5. The minimum Gasteiger partial charge on any atom is -0.358 e. The molecule has 2 aromatic carbocycles. The summed E-state index contributed by atoms with van der Waals surface area (Å²) in [5, 5.41) is 2.54. The van der Waals surface area contributed by atoms with Gasteiger partial charge in [-0.25, -0.2) is 0 Å². The van der Waals surface area contributed by atoms with E-state index in [1.165, 1.54) is 11.9 Å². The van der Waals surface area contributed by atoms with Gasteiger partial charge in [0.1, 0.15) is 6.54 Å². The third-order valence-corrected chi connectivity index (χ3v) is 5.25. The molecule has 1 heterocycles. The Morgan fingerprint density at radius 1 is 1.20 bits per heavy atom. The lowest BCUT2D eigenvalue weighted by molar-refractivity contribution is -0.128. The van der Waals surface area contributed by atoms with Gasteiger partial charge >= 0.3 is 0 Å². The lowest BCUT2D eigenvalue weighted by Gasteiger charge is -2.25. The van der Waals surface area contributed by atoms with Crippen LogP contribution in [0.5, 0.6) is 0 Å². The first kappa shape index (κ1) is 21.1. The van der Waals surface area contributed by atoms with Crippen molar-refractivity contribution in [1.29, 1.82) is 0 Å². The zero-order valence-electron chi connectivity index (χ0n) is 17.0. The van der Waals surface area contributed by atoms with Crippen LogP contribution < -0.4 is 10.2 Å². The van der Waals surface area contributed by atoms with Crippen molar-refractivity contribution in [2.45, 2.75) is 12.8 Å². The van der Waals surface area contributed by atoms with Gasteiger partial charge in [-0.3, -0.25) is 14.4 Å². The van der Waals surface area contributed by atoms with E-state index in [0.717, 1.165) is 12.0 Å². The third kappa shape index (κ3) is 5.06. The first-order chi connectivity index (χ1) is 14.5. The molecule has 3 amide bonds. The highest BCUT2D eigenvalue weighted by atomic mass is 16.2. The Hall–Kier alpha value is -3.59. The van der Waals surface area contributed by atoms with Crippen molar-refractivity contribution in [2.24, 2.45) is 5.92 Å². The largest absolute Gasteiger partial charge is 0.358 e. The standard InChI is InChI=1S/C24H25N3O3/c1-3-18-10-7-11-21(14-18)27(17-22(28)25-2)24(30)20-15-23(29)26(16-20)13-12-19-8-5-4-6-9-19/h1,4-11,14,20H,12-13,15-17H2,2H3,(H,25,28). The number of hydrogen-bond acceptors (Lipinski definition) is 3. The van der Waals surface area contributed by atoms with Gasteiger partial charge in [-0.1, -0.05) is 42.3 Å². The zero-order chi connectivity index (χ0) is 21.5. The van der Waals surface area contributed by atoms with Crippen LogP contribution in [0.15, 0.2) is 54.6 Å². The molecule has 0 aromatic heterocycles. The average Bonchev–Trinajstić information content (AvgIpc) is 3.16. The molecular formula is C24H25N3O3. The predicted molar refractivity (Wildman–Crippen MR) is 116 cm³/mol. The van der Waals surface area contributed by atoms with Crippen LogP contribution in [-0.2, 0) is 20.8 Å². The van der Waals surface area contributed by atoms with Crippen molar-refractivity contribution in [2.75, 3.05) is 31.6 Å². The lowest BCUT2D eigenvalue weighted by Crippen LogP contribution is -2.43. The molecule has 2 aromatic rings. The molecule has 1 unspecified atom stereocenters. The van der Waals surface area contributed by atoms with Gasteiger partial charge in [-0.2, -0.15) is 0 Å². The highest BCUT2D eigenvalue weighted by molar-refractivity contribution is 6.02. The van der Waals surface area contributed by atoms with Crippen LogP contribution in [0, 0.1) is 18.3 Å². The number of benzene rings is 2. The number of nitrogens with one attached hydrogen (secondary N) is 1. The number of hydrogen-bond donors (Lipinski definition) is 1. The van der Waals surface area contributed by atoms with Crippen molar-refractivity contribution in [3.63, 3.8) is 0 Å². The summed E-state index contributed by atoms with van der Waals surface area (Å²) in [6, 6.07) is 16.9. The number of carbonyl (C=O) groups is 3. The first-order valence-corrected chi connectivity index (χ1v) is 9.92. The minimum atomic E-state index is -0.493. The number of likely N-dealkylation sites (N-methyl/N-ethyl adjacent to an activating group) is 1. The van der Waals surface area contributed by atoms with Gasteiger partial charge in [0.25, 0.3) is 0 Å². The molecule has 0 bridgehead atoms. The third-order valence-electron chi connectivity index (χ3n) is 5.25. The van der Waals surface area contributed by atoms with E-state index in [0.29, 0.717) is 24.3 Å². The number of rotatable bonds is 7. The summed E-state index contributed by atoms with van der Waals surface area (Å²) in [7, 11) is 1.52. The molecule has 0 saturated carbocycles. The Labute approximate surface area is 176 Å². The minimum absolute atomic E-state index is 0.0402. The summed E-state index contributed by atoms with van der Waals surface area (Å²) in [6.07, 6.45) is 6.36. The van der Waals surface area contributed by atoms with Crippen molar-refractivity contribution >= 4 is 23.4 Å². The van der Waals surface area contributed by atoms with Crippen molar-refractivity contribution in [3.8, 4) is 12.3 Å². The fraction of sp³-hybridized carbons (Fsp3) is 0.292. The molecule has 1 aliphatic rings. The van der Waals surface area contributed by atoms with Crippen LogP contribution in [0.2, 0.25) is 0 Å². The second kappa shape index (κ2) is 9.75. The maximum absolute atomic E-state index is 13.3. The summed E-state index contributed by atoms with van der Waals surface area (Å²) < 4.78 is 0. The average molecular weight is 403 g/mol. The summed E-state index contributed by atoms with van der Waals surface area (Å²) >= 11 is 0. The van der Waals surface area contributed by atoms with Crippen LogP contribution in [0.4, 0.5) is 5.69 Å². The highest BCUT2D eigenvalue weighted by Gasteiger charge is 2.37. The van der Waals surface area contributed by atoms with E-state index < -0.39 is 5.92 Å². The fourth-order valence-electron chi connectivity index (χ4n) is 3.57. The van der Waals surface area contributed by atoms with Crippen molar-refractivity contribution in [1.82, 2.24) is 10.2 Å². The summed E-state index contributed by atoms with van der Waals surface area (Å²) in [6.45, 7) is 0.788. The molecule has 1 N–H and O–H groups in total. The molecule has 6 nitrogen and oxygen atoms in total. The quantitative estimate of drug-likeness (QED) is 0.718. The number of likely N-dealkylation sites (tertiary alicyclic amines) is 1. The van der Waals surface area contributed by atoms with Gasteiger partial charge in [0.05, 0.1) is 5.92 Å². The Morgan fingerprint density at radius 3 is 2.67 bits per heavy atom. The monoisotopic (exact) mass is 403 g/mol.